The van der Waals surface area contributed by atoms with Gasteiger partial charge in [0, 0.05) is 12.5 Å². The minimum absolute atomic E-state index is 0.334. The lowest BCUT2D eigenvalue weighted by Gasteiger charge is -2.11. The van der Waals surface area contributed by atoms with Gasteiger partial charge >= 0.3 is 0 Å². The first-order valence-corrected chi connectivity index (χ1v) is 6.56. The van der Waals surface area contributed by atoms with Crippen LogP contribution in [0.3, 0.4) is 0 Å². The standard InChI is InChI=1S/C16H23N/c1-2-3-4-5-9-12-16(17)14-13-15-10-7-6-8-11-15/h1,6-8,10-11,16H,3-5,9,12-14,17H2/t16-/m0/s1. The summed E-state index contributed by atoms with van der Waals surface area (Å²) in [5.74, 6) is 2.67. The molecule has 1 heteroatoms. The summed E-state index contributed by atoms with van der Waals surface area (Å²) in [6.45, 7) is 0. The minimum Gasteiger partial charge on any atom is -0.328 e. The van der Waals surface area contributed by atoms with Crippen LogP contribution in [0.4, 0.5) is 0 Å². The van der Waals surface area contributed by atoms with Crippen molar-refractivity contribution in [1.29, 1.82) is 0 Å². The second kappa shape index (κ2) is 8.84. The van der Waals surface area contributed by atoms with Crippen LogP contribution in [0, 0.1) is 12.3 Å². The molecular weight excluding hydrogens is 206 g/mol. The van der Waals surface area contributed by atoms with Gasteiger partial charge in [-0.2, -0.15) is 0 Å². The van der Waals surface area contributed by atoms with Crippen LogP contribution in [0.1, 0.15) is 44.1 Å². The number of hydrogen-bond acceptors (Lipinski definition) is 1. The molecule has 2 N–H and O–H groups in total. The SMILES string of the molecule is C#CCCCCC[C@H](N)CCc1ccccc1. The van der Waals surface area contributed by atoms with E-state index in [1.807, 2.05) is 0 Å². The number of benzene rings is 1. The first kappa shape index (κ1) is 13.8. The van der Waals surface area contributed by atoms with Crippen molar-refractivity contribution in [1.82, 2.24) is 0 Å². The van der Waals surface area contributed by atoms with Gasteiger partial charge in [0.1, 0.15) is 0 Å². The largest absolute Gasteiger partial charge is 0.328 e. The van der Waals surface area contributed by atoms with Crippen LogP contribution in [0.2, 0.25) is 0 Å². The average Bonchev–Trinajstić information content (AvgIpc) is 2.37. The summed E-state index contributed by atoms with van der Waals surface area (Å²) in [5.41, 5.74) is 7.48. The molecule has 1 atom stereocenters. The molecule has 0 radical (unpaired) electrons. The Morgan fingerprint density at radius 2 is 1.82 bits per heavy atom. The van der Waals surface area contributed by atoms with E-state index >= 15 is 0 Å². The van der Waals surface area contributed by atoms with Gasteiger partial charge in [0.25, 0.3) is 0 Å². The third-order valence-electron chi connectivity index (χ3n) is 3.04. The van der Waals surface area contributed by atoms with E-state index in [9.17, 15) is 0 Å². The van der Waals surface area contributed by atoms with Crippen LogP contribution < -0.4 is 5.73 Å². The van der Waals surface area contributed by atoms with Gasteiger partial charge < -0.3 is 5.73 Å². The van der Waals surface area contributed by atoms with Crippen molar-refractivity contribution < 1.29 is 0 Å². The lowest BCUT2D eigenvalue weighted by molar-refractivity contribution is 0.525. The Bertz CT molecular complexity index is 323. The summed E-state index contributed by atoms with van der Waals surface area (Å²) in [7, 11) is 0. The molecule has 1 aromatic rings. The van der Waals surface area contributed by atoms with E-state index in [1.54, 1.807) is 0 Å². The van der Waals surface area contributed by atoms with E-state index in [1.165, 1.54) is 18.4 Å². The first-order valence-electron chi connectivity index (χ1n) is 6.56. The van der Waals surface area contributed by atoms with Crippen LogP contribution in [0.5, 0.6) is 0 Å². The number of rotatable bonds is 8. The summed E-state index contributed by atoms with van der Waals surface area (Å²) < 4.78 is 0. The van der Waals surface area contributed by atoms with Crippen molar-refractivity contribution in [3.63, 3.8) is 0 Å². The number of unbranched alkanes of at least 4 members (excludes halogenated alkanes) is 3. The van der Waals surface area contributed by atoms with Crippen molar-refractivity contribution in [2.24, 2.45) is 5.73 Å². The van der Waals surface area contributed by atoms with Gasteiger partial charge in [0.15, 0.2) is 0 Å². The zero-order chi connectivity index (χ0) is 12.3. The van der Waals surface area contributed by atoms with Crippen LogP contribution >= 0.6 is 0 Å². The zero-order valence-electron chi connectivity index (χ0n) is 10.6. The van der Waals surface area contributed by atoms with Crippen molar-refractivity contribution in [2.75, 3.05) is 0 Å². The van der Waals surface area contributed by atoms with Crippen molar-refractivity contribution in [2.45, 2.75) is 51.0 Å². The number of hydrogen-bond donors (Lipinski definition) is 1. The van der Waals surface area contributed by atoms with Gasteiger partial charge in [-0.15, -0.1) is 12.3 Å². The summed E-state index contributed by atoms with van der Waals surface area (Å²) in [4.78, 5) is 0. The molecule has 0 aliphatic rings. The van der Waals surface area contributed by atoms with Gasteiger partial charge in [0.05, 0.1) is 0 Å². The third kappa shape index (κ3) is 6.81. The number of aryl methyl sites for hydroxylation is 1. The maximum atomic E-state index is 6.10. The Hall–Kier alpha value is -1.26. The molecule has 0 aromatic heterocycles. The molecule has 0 spiro atoms. The van der Waals surface area contributed by atoms with E-state index in [4.69, 9.17) is 12.2 Å². The van der Waals surface area contributed by atoms with Crippen LogP contribution in [-0.4, -0.2) is 6.04 Å². The molecule has 0 unspecified atom stereocenters. The molecule has 1 nitrogen and oxygen atoms in total. The Balaban J connectivity index is 2.05. The fourth-order valence-corrected chi connectivity index (χ4v) is 1.95. The Morgan fingerprint density at radius 1 is 1.06 bits per heavy atom. The van der Waals surface area contributed by atoms with Gasteiger partial charge in [-0.3, -0.25) is 0 Å². The van der Waals surface area contributed by atoms with Crippen LogP contribution in [0.25, 0.3) is 0 Å². The smallest absolute Gasteiger partial charge is 0.00860 e. The molecule has 0 aliphatic heterocycles. The number of terminal acetylenes is 1. The Kier molecular flexibility index (Phi) is 7.18. The predicted molar refractivity (Wildman–Crippen MR) is 74.7 cm³/mol. The molecule has 17 heavy (non-hydrogen) atoms. The topological polar surface area (TPSA) is 26.0 Å². The molecule has 0 fully saturated rings. The van der Waals surface area contributed by atoms with Gasteiger partial charge in [-0.25, -0.2) is 0 Å². The minimum atomic E-state index is 0.334. The van der Waals surface area contributed by atoms with Crippen molar-refractivity contribution >= 4 is 0 Å². The van der Waals surface area contributed by atoms with Gasteiger partial charge in [-0.05, 0) is 31.2 Å². The monoisotopic (exact) mass is 229 g/mol. The molecule has 0 saturated heterocycles. The molecular formula is C16H23N. The Labute approximate surface area is 105 Å². The lowest BCUT2D eigenvalue weighted by Crippen LogP contribution is -2.20. The quantitative estimate of drug-likeness (QED) is 0.535. The lowest BCUT2D eigenvalue weighted by atomic mass is 10.0. The third-order valence-corrected chi connectivity index (χ3v) is 3.04. The predicted octanol–water partition coefficient (Wildman–Crippen LogP) is 3.53. The maximum absolute atomic E-state index is 6.10. The van der Waals surface area contributed by atoms with Crippen LogP contribution in [0.15, 0.2) is 30.3 Å². The highest BCUT2D eigenvalue weighted by Crippen LogP contribution is 2.09. The van der Waals surface area contributed by atoms with Crippen molar-refractivity contribution in [3.05, 3.63) is 35.9 Å². The highest BCUT2D eigenvalue weighted by molar-refractivity contribution is 5.14. The van der Waals surface area contributed by atoms with E-state index < -0.39 is 0 Å². The number of nitrogens with two attached hydrogens (primary N) is 1. The van der Waals surface area contributed by atoms with Gasteiger partial charge in [0.2, 0.25) is 0 Å². The molecule has 0 aliphatic carbocycles. The summed E-state index contributed by atoms with van der Waals surface area (Å²) in [6.07, 6.45) is 13.0. The molecule has 92 valence electrons. The zero-order valence-corrected chi connectivity index (χ0v) is 10.6. The summed E-state index contributed by atoms with van der Waals surface area (Å²) in [6, 6.07) is 10.9. The molecule has 0 amide bonds. The fourth-order valence-electron chi connectivity index (χ4n) is 1.95. The molecule has 1 rings (SSSR count). The van der Waals surface area contributed by atoms with E-state index in [-0.39, 0.29) is 0 Å². The van der Waals surface area contributed by atoms with Crippen LogP contribution in [-0.2, 0) is 6.42 Å². The van der Waals surface area contributed by atoms with Gasteiger partial charge in [-0.1, -0.05) is 43.2 Å². The molecule has 0 heterocycles. The first-order chi connectivity index (χ1) is 8.33. The Morgan fingerprint density at radius 3 is 2.53 bits per heavy atom. The summed E-state index contributed by atoms with van der Waals surface area (Å²) in [5, 5.41) is 0. The molecule has 0 bridgehead atoms. The second-order valence-electron chi connectivity index (χ2n) is 4.59. The van der Waals surface area contributed by atoms with Crippen molar-refractivity contribution in [3.8, 4) is 12.3 Å². The molecule has 1 aromatic carbocycles. The normalized spacial score (nSPS) is 12.0. The summed E-state index contributed by atoms with van der Waals surface area (Å²) >= 11 is 0. The molecule has 0 saturated carbocycles. The van der Waals surface area contributed by atoms with E-state index in [2.05, 4.69) is 36.3 Å². The highest BCUT2D eigenvalue weighted by atomic mass is 14.6. The average molecular weight is 229 g/mol. The fraction of sp³-hybridized carbons (Fsp3) is 0.500. The van der Waals surface area contributed by atoms with E-state index in [0.29, 0.717) is 6.04 Å². The van der Waals surface area contributed by atoms with E-state index in [0.717, 1.165) is 32.1 Å². The maximum Gasteiger partial charge on any atom is 0.00860 e. The second-order valence-corrected chi connectivity index (χ2v) is 4.59. The highest BCUT2D eigenvalue weighted by Gasteiger charge is 2.02.